The molecule has 40 heavy (non-hydrogen) atoms. The van der Waals surface area contributed by atoms with E-state index in [0.29, 0.717) is 19.1 Å². The van der Waals surface area contributed by atoms with E-state index in [1.807, 2.05) is 96.9 Å². The van der Waals surface area contributed by atoms with E-state index in [1.165, 1.54) is 6.26 Å². The van der Waals surface area contributed by atoms with Gasteiger partial charge < -0.3 is 23.7 Å². The lowest BCUT2D eigenvalue weighted by molar-refractivity contribution is -0.201. The van der Waals surface area contributed by atoms with Crippen LogP contribution in [0.3, 0.4) is 0 Å². The van der Waals surface area contributed by atoms with Crippen molar-refractivity contribution in [3.05, 3.63) is 12.8 Å². The van der Waals surface area contributed by atoms with Crippen molar-refractivity contribution in [2.75, 3.05) is 0 Å². The first-order chi connectivity index (χ1) is 17.4. The summed E-state index contributed by atoms with van der Waals surface area (Å²) < 4.78 is 24.5. The Morgan fingerprint density at radius 2 is 1.18 bits per heavy atom. The molecule has 234 valence electrons. The van der Waals surface area contributed by atoms with Crippen LogP contribution in [0.15, 0.2) is 12.8 Å². The van der Waals surface area contributed by atoms with Gasteiger partial charge in [0.1, 0.15) is 22.9 Å². The van der Waals surface area contributed by atoms with Gasteiger partial charge in [-0.05, 0) is 96.4 Å². The summed E-state index contributed by atoms with van der Waals surface area (Å²) in [5, 5.41) is 0. The highest BCUT2D eigenvalue weighted by molar-refractivity contribution is 5.91. The van der Waals surface area contributed by atoms with Crippen molar-refractivity contribution in [3.63, 3.8) is 0 Å². The third-order valence-corrected chi connectivity index (χ3v) is 7.60. The normalized spacial score (nSPS) is 15.4. The van der Waals surface area contributed by atoms with Crippen molar-refractivity contribution < 1.29 is 33.3 Å². The van der Waals surface area contributed by atoms with Gasteiger partial charge in [0, 0.05) is 11.8 Å². The summed E-state index contributed by atoms with van der Waals surface area (Å²) in [5.41, 5.74) is -6.73. The minimum Gasteiger partial charge on any atom is -0.496 e. The molecule has 0 saturated carbocycles. The Labute approximate surface area is 245 Å². The van der Waals surface area contributed by atoms with Crippen LogP contribution in [0.1, 0.15) is 131 Å². The zero-order valence-corrected chi connectivity index (χ0v) is 28.7. The topological polar surface area (TPSA) is 88.1 Å². The summed E-state index contributed by atoms with van der Waals surface area (Å²) >= 11 is 0. The fraction of sp³-hybridized carbons (Fsp3) is 0.848. The van der Waals surface area contributed by atoms with Gasteiger partial charge >= 0.3 is 0 Å². The van der Waals surface area contributed by atoms with Crippen molar-refractivity contribution in [1.82, 2.24) is 0 Å². The molecular weight excluding hydrogens is 508 g/mol. The van der Waals surface area contributed by atoms with Crippen LogP contribution in [0.25, 0.3) is 0 Å². The van der Waals surface area contributed by atoms with E-state index in [-0.39, 0.29) is 11.6 Å². The maximum atomic E-state index is 13.9. The van der Waals surface area contributed by atoms with Crippen LogP contribution in [-0.4, -0.2) is 57.6 Å². The number of hydrogen-bond acceptors (Lipinski definition) is 7. The van der Waals surface area contributed by atoms with Crippen LogP contribution >= 0.6 is 0 Å². The fourth-order valence-electron chi connectivity index (χ4n) is 6.22. The van der Waals surface area contributed by atoms with Gasteiger partial charge in [0.15, 0.2) is 17.9 Å². The highest BCUT2D eigenvalue weighted by atomic mass is 16.5. The average Bonchev–Trinajstić information content (AvgIpc) is 2.68. The van der Waals surface area contributed by atoms with E-state index in [2.05, 4.69) is 6.58 Å². The molecule has 0 fully saturated rings. The largest absolute Gasteiger partial charge is 0.496 e. The average molecular weight is 569 g/mol. The van der Waals surface area contributed by atoms with Crippen LogP contribution in [0.4, 0.5) is 0 Å². The van der Waals surface area contributed by atoms with E-state index < -0.39 is 50.5 Å². The molecule has 0 aliphatic rings. The first-order valence-corrected chi connectivity index (χ1v) is 14.3. The van der Waals surface area contributed by atoms with Crippen molar-refractivity contribution in [3.8, 4) is 0 Å². The van der Waals surface area contributed by atoms with Gasteiger partial charge in [-0.2, -0.15) is 0 Å². The van der Waals surface area contributed by atoms with E-state index in [1.54, 1.807) is 20.8 Å². The van der Waals surface area contributed by atoms with Crippen LogP contribution in [0, 0.1) is 10.8 Å². The molecule has 0 aromatic carbocycles. The molecule has 7 nitrogen and oxygen atoms in total. The number of carbonyl (C=O) groups is 3. The first kappa shape index (κ1) is 38.4. The lowest BCUT2D eigenvalue weighted by Gasteiger charge is -2.48. The molecule has 1 atom stereocenters. The summed E-state index contributed by atoms with van der Waals surface area (Å²) in [6.07, 6.45) is 2.27. The Balaban J connectivity index is 5.82. The number of rotatable bonds is 18. The first-order valence-electron chi connectivity index (χ1n) is 14.3. The highest BCUT2D eigenvalue weighted by Crippen LogP contribution is 2.44. The van der Waals surface area contributed by atoms with Gasteiger partial charge in [-0.1, -0.05) is 34.3 Å². The number of aldehydes is 1. The van der Waals surface area contributed by atoms with Gasteiger partial charge in [0.2, 0.25) is 0 Å². The SMILES string of the molecule is C=COC(C)(C)CC(C)(C)OC(C)(C)C(=O)C(C)(C)CC(C)(C)OC(C)(C)C(C)(C)C(=O)C(C)OC(C)(C)C=O. The Morgan fingerprint density at radius 3 is 1.60 bits per heavy atom. The van der Waals surface area contributed by atoms with E-state index in [0.717, 1.165) is 0 Å². The lowest BCUT2D eigenvalue weighted by atomic mass is 9.70. The molecule has 0 amide bonds. The maximum absolute atomic E-state index is 13.9. The molecule has 0 N–H and O–H groups in total. The van der Waals surface area contributed by atoms with Crippen LogP contribution in [0.2, 0.25) is 0 Å². The van der Waals surface area contributed by atoms with Crippen molar-refractivity contribution in [1.29, 1.82) is 0 Å². The highest BCUT2D eigenvalue weighted by Gasteiger charge is 2.51. The Kier molecular flexibility index (Phi) is 11.9. The zero-order chi connectivity index (χ0) is 32.4. The third-order valence-electron chi connectivity index (χ3n) is 7.60. The predicted molar refractivity (Wildman–Crippen MR) is 161 cm³/mol. The Hall–Kier alpha value is -1.57. The van der Waals surface area contributed by atoms with Crippen molar-refractivity contribution >= 4 is 17.9 Å². The number of hydrogen-bond donors (Lipinski definition) is 0. The summed E-state index contributed by atoms with van der Waals surface area (Å²) in [7, 11) is 0. The van der Waals surface area contributed by atoms with Gasteiger partial charge in [0.05, 0.1) is 28.5 Å². The molecule has 7 heteroatoms. The fourth-order valence-corrected chi connectivity index (χ4v) is 6.22. The van der Waals surface area contributed by atoms with Crippen LogP contribution in [-0.2, 0) is 33.3 Å². The number of Topliss-reactive ketones (excluding diaryl/α,β-unsaturated/α-hetero) is 2. The van der Waals surface area contributed by atoms with Gasteiger partial charge in [-0.15, -0.1) is 0 Å². The van der Waals surface area contributed by atoms with Crippen LogP contribution in [0.5, 0.6) is 0 Å². The summed E-state index contributed by atoms with van der Waals surface area (Å²) in [6, 6.07) is 0. The van der Waals surface area contributed by atoms with Gasteiger partial charge in [-0.3, -0.25) is 9.59 Å². The number of ketones is 2. The van der Waals surface area contributed by atoms with Crippen molar-refractivity contribution in [2.45, 2.75) is 170 Å². The predicted octanol–water partition coefficient (Wildman–Crippen LogP) is 7.43. The molecule has 0 spiro atoms. The summed E-state index contributed by atoms with van der Waals surface area (Å²) in [4.78, 5) is 38.7. The minimum atomic E-state index is -1.07. The van der Waals surface area contributed by atoms with Crippen molar-refractivity contribution in [2.24, 2.45) is 10.8 Å². The zero-order valence-electron chi connectivity index (χ0n) is 28.7. The second-order valence-corrected chi connectivity index (χ2v) is 15.8. The van der Waals surface area contributed by atoms with E-state index in [9.17, 15) is 14.4 Å². The van der Waals surface area contributed by atoms with Gasteiger partial charge in [0.25, 0.3) is 0 Å². The summed E-state index contributed by atoms with van der Waals surface area (Å²) in [5.74, 6) is -0.211. The lowest BCUT2D eigenvalue weighted by Crippen LogP contribution is -2.56. The molecule has 0 rings (SSSR count). The molecule has 0 aliphatic heterocycles. The Bertz CT molecular complexity index is 917. The minimum absolute atomic E-state index is 0.0431. The molecule has 0 bridgehead atoms. The van der Waals surface area contributed by atoms with Crippen LogP contribution < -0.4 is 0 Å². The smallest absolute Gasteiger partial charge is 0.169 e. The third kappa shape index (κ3) is 10.7. The molecular formula is C33H60O7. The maximum Gasteiger partial charge on any atom is 0.169 e. The molecule has 0 radical (unpaired) electrons. The molecule has 0 aromatic rings. The number of ether oxygens (including phenoxy) is 4. The van der Waals surface area contributed by atoms with Gasteiger partial charge in [-0.25, -0.2) is 0 Å². The summed E-state index contributed by atoms with van der Waals surface area (Å²) in [6.45, 7) is 35.1. The Morgan fingerprint density at radius 1 is 0.725 bits per heavy atom. The van der Waals surface area contributed by atoms with E-state index in [4.69, 9.17) is 18.9 Å². The molecule has 0 saturated heterocycles. The standard InChI is InChI=1S/C33H60O7/c1-19-37-27(5,6)21-29(9,10)39-32(15,16)25(36)26(3,4)20-28(7,8)40-33(17,18)31(13,14)24(35)23(2)38-30(11,12)22-34/h19,22-23H,1,20-21H2,2-18H3. The molecule has 0 aliphatic carbocycles. The molecule has 1 unspecified atom stereocenters. The quantitative estimate of drug-likeness (QED) is 0.125. The second-order valence-electron chi connectivity index (χ2n) is 15.8. The monoisotopic (exact) mass is 568 g/mol. The molecule has 0 heterocycles. The number of carbonyl (C=O) groups excluding carboxylic acids is 3. The second kappa shape index (κ2) is 12.3. The van der Waals surface area contributed by atoms with E-state index >= 15 is 0 Å². The molecule has 0 aromatic heterocycles.